The van der Waals surface area contributed by atoms with E-state index in [0.29, 0.717) is 18.1 Å². The van der Waals surface area contributed by atoms with Gasteiger partial charge in [-0.3, -0.25) is 9.80 Å². The Morgan fingerprint density at radius 1 is 1.15 bits per heavy atom. The first-order valence-corrected chi connectivity index (χ1v) is 7.69. The van der Waals surface area contributed by atoms with Crippen molar-refractivity contribution in [1.29, 1.82) is 0 Å². The molecule has 1 aliphatic heterocycles. The Kier molecular flexibility index (Phi) is 5.19. The minimum atomic E-state index is 0.415. The van der Waals surface area contributed by atoms with Gasteiger partial charge in [0.15, 0.2) is 0 Å². The molecule has 2 rings (SSSR count). The maximum absolute atomic E-state index is 3.47. The minimum Gasteiger partial charge on any atom is -0.312 e. The third kappa shape index (κ3) is 3.60. The minimum absolute atomic E-state index is 0.415. The maximum atomic E-state index is 3.47. The van der Waals surface area contributed by atoms with Gasteiger partial charge in [0.25, 0.3) is 0 Å². The van der Waals surface area contributed by atoms with Crippen molar-refractivity contribution in [1.82, 2.24) is 15.1 Å². The van der Waals surface area contributed by atoms with Crippen molar-refractivity contribution in [2.75, 3.05) is 33.7 Å². The molecule has 1 saturated heterocycles. The van der Waals surface area contributed by atoms with Crippen LogP contribution in [0.25, 0.3) is 0 Å². The standard InChI is InChI=1S/C17H29N3/c1-13-6-8-16(9-7-13)17(18-4)12-20-10-14(2)19(5)15(3)11-20/h6-9,14-15,17-18H,10-12H2,1-5H3. The molecule has 1 heterocycles. The molecule has 3 nitrogen and oxygen atoms in total. The zero-order valence-electron chi connectivity index (χ0n) is 13.6. The van der Waals surface area contributed by atoms with Crippen LogP contribution in [-0.4, -0.2) is 55.6 Å². The Morgan fingerprint density at radius 3 is 2.20 bits per heavy atom. The summed E-state index contributed by atoms with van der Waals surface area (Å²) in [6.45, 7) is 10.2. The maximum Gasteiger partial charge on any atom is 0.0446 e. The lowest BCUT2D eigenvalue weighted by atomic mass is 10.0. The monoisotopic (exact) mass is 275 g/mol. The van der Waals surface area contributed by atoms with Gasteiger partial charge in [0.05, 0.1) is 0 Å². The summed E-state index contributed by atoms with van der Waals surface area (Å²) in [5, 5.41) is 3.47. The van der Waals surface area contributed by atoms with Crippen LogP contribution in [0.5, 0.6) is 0 Å². The van der Waals surface area contributed by atoms with Crippen LogP contribution < -0.4 is 5.32 Å². The van der Waals surface area contributed by atoms with Crippen molar-refractivity contribution in [3.05, 3.63) is 35.4 Å². The summed E-state index contributed by atoms with van der Waals surface area (Å²) in [5.41, 5.74) is 2.71. The molecule has 0 saturated carbocycles. The lowest BCUT2D eigenvalue weighted by molar-refractivity contribution is 0.0547. The van der Waals surface area contributed by atoms with Crippen molar-refractivity contribution in [2.45, 2.75) is 38.9 Å². The summed E-state index contributed by atoms with van der Waals surface area (Å²) < 4.78 is 0. The third-order valence-electron chi connectivity index (χ3n) is 4.70. The average Bonchev–Trinajstić information content (AvgIpc) is 2.43. The van der Waals surface area contributed by atoms with Gasteiger partial charge in [-0.2, -0.15) is 0 Å². The predicted octanol–water partition coefficient (Wildman–Crippen LogP) is 2.28. The van der Waals surface area contributed by atoms with Crippen molar-refractivity contribution in [3.63, 3.8) is 0 Å². The van der Waals surface area contributed by atoms with E-state index in [0.717, 1.165) is 19.6 Å². The highest BCUT2D eigenvalue weighted by Crippen LogP contribution is 2.19. The van der Waals surface area contributed by atoms with Crippen LogP contribution in [-0.2, 0) is 0 Å². The van der Waals surface area contributed by atoms with Crippen molar-refractivity contribution >= 4 is 0 Å². The third-order valence-corrected chi connectivity index (χ3v) is 4.70. The van der Waals surface area contributed by atoms with Crippen LogP contribution in [0.3, 0.4) is 0 Å². The molecule has 1 aromatic rings. The van der Waals surface area contributed by atoms with Crippen LogP contribution in [0.4, 0.5) is 0 Å². The van der Waals surface area contributed by atoms with Gasteiger partial charge in [-0.1, -0.05) is 29.8 Å². The largest absolute Gasteiger partial charge is 0.312 e. The molecule has 0 aliphatic carbocycles. The van der Waals surface area contributed by atoms with Crippen molar-refractivity contribution in [3.8, 4) is 0 Å². The van der Waals surface area contributed by atoms with Gasteiger partial charge in [-0.15, -0.1) is 0 Å². The average molecular weight is 275 g/mol. The number of benzene rings is 1. The van der Waals surface area contributed by atoms with Crippen LogP contribution in [0.2, 0.25) is 0 Å². The topological polar surface area (TPSA) is 18.5 Å². The van der Waals surface area contributed by atoms with E-state index in [1.54, 1.807) is 0 Å². The zero-order chi connectivity index (χ0) is 14.7. The number of rotatable bonds is 4. The molecular weight excluding hydrogens is 246 g/mol. The van der Waals surface area contributed by atoms with Gasteiger partial charge in [-0.25, -0.2) is 0 Å². The molecule has 1 N–H and O–H groups in total. The Labute approximate surface area is 124 Å². The number of likely N-dealkylation sites (N-methyl/N-ethyl adjacent to an activating group) is 2. The zero-order valence-corrected chi connectivity index (χ0v) is 13.6. The molecule has 1 aliphatic rings. The van der Waals surface area contributed by atoms with Crippen LogP contribution in [0.1, 0.15) is 31.0 Å². The van der Waals surface area contributed by atoms with Crippen LogP contribution >= 0.6 is 0 Å². The van der Waals surface area contributed by atoms with Gasteiger partial charge < -0.3 is 5.32 Å². The number of hydrogen-bond acceptors (Lipinski definition) is 3. The molecule has 0 bridgehead atoms. The highest BCUT2D eigenvalue weighted by Gasteiger charge is 2.27. The molecule has 0 spiro atoms. The molecular formula is C17H29N3. The molecule has 3 atom stereocenters. The Bertz CT molecular complexity index is 403. The van der Waals surface area contributed by atoms with E-state index in [2.05, 4.69) is 74.2 Å². The number of aryl methyl sites for hydroxylation is 1. The van der Waals surface area contributed by atoms with Crippen molar-refractivity contribution in [2.24, 2.45) is 0 Å². The van der Waals surface area contributed by atoms with Gasteiger partial charge in [0, 0.05) is 37.8 Å². The highest BCUT2D eigenvalue weighted by atomic mass is 15.3. The van der Waals surface area contributed by atoms with E-state index in [1.807, 2.05) is 0 Å². The van der Waals surface area contributed by atoms with Crippen LogP contribution in [0, 0.1) is 6.92 Å². The summed E-state index contributed by atoms with van der Waals surface area (Å²) in [4.78, 5) is 5.08. The van der Waals surface area contributed by atoms with Gasteiger partial charge >= 0.3 is 0 Å². The van der Waals surface area contributed by atoms with E-state index >= 15 is 0 Å². The number of nitrogens with one attached hydrogen (secondary N) is 1. The summed E-state index contributed by atoms with van der Waals surface area (Å²) >= 11 is 0. The molecule has 1 fully saturated rings. The summed E-state index contributed by atoms with van der Waals surface area (Å²) in [6.07, 6.45) is 0. The van der Waals surface area contributed by atoms with E-state index in [-0.39, 0.29) is 0 Å². The summed E-state index contributed by atoms with van der Waals surface area (Å²) in [7, 11) is 4.30. The summed E-state index contributed by atoms with van der Waals surface area (Å²) in [5.74, 6) is 0. The van der Waals surface area contributed by atoms with Gasteiger partial charge in [-0.05, 0) is 40.4 Å². The van der Waals surface area contributed by atoms with Gasteiger partial charge in [0.2, 0.25) is 0 Å². The fourth-order valence-electron chi connectivity index (χ4n) is 3.08. The lowest BCUT2D eigenvalue weighted by Crippen LogP contribution is -2.56. The SMILES string of the molecule is CNC(CN1CC(C)N(C)C(C)C1)c1ccc(C)cc1. The van der Waals surface area contributed by atoms with Crippen LogP contribution in [0.15, 0.2) is 24.3 Å². The molecule has 112 valence electrons. The fraction of sp³-hybridized carbons (Fsp3) is 0.647. The first-order chi connectivity index (χ1) is 9.51. The lowest BCUT2D eigenvalue weighted by Gasteiger charge is -2.43. The van der Waals surface area contributed by atoms with E-state index in [1.165, 1.54) is 11.1 Å². The molecule has 3 unspecified atom stereocenters. The molecule has 20 heavy (non-hydrogen) atoms. The second-order valence-corrected chi connectivity index (χ2v) is 6.33. The quantitative estimate of drug-likeness (QED) is 0.909. The normalized spacial score (nSPS) is 26.6. The van der Waals surface area contributed by atoms with E-state index in [4.69, 9.17) is 0 Å². The summed E-state index contributed by atoms with van der Waals surface area (Å²) in [6, 6.07) is 10.6. The first-order valence-electron chi connectivity index (χ1n) is 7.69. The van der Waals surface area contributed by atoms with E-state index < -0.39 is 0 Å². The predicted molar refractivity (Wildman–Crippen MR) is 86.1 cm³/mol. The van der Waals surface area contributed by atoms with E-state index in [9.17, 15) is 0 Å². The molecule has 0 amide bonds. The molecule has 3 heteroatoms. The Hall–Kier alpha value is -0.900. The number of nitrogens with zero attached hydrogens (tertiary/aromatic N) is 2. The van der Waals surface area contributed by atoms with Gasteiger partial charge in [0.1, 0.15) is 0 Å². The van der Waals surface area contributed by atoms with Crippen molar-refractivity contribution < 1.29 is 0 Å². The second-order valence-electron chi connectivity index (χ2n) is 6.33. The first kappa shape index (κ1) is 15.5. The number of hydrogen-bond donors (Lipinski definition) is 1. The number of piperazine rings is 1. The second kappa shape index (κ2) is 6.70. The molecule has 0 radical (unpaired) electrons. The molecule has 0 aromatic heterocycles. The Morgan fingerprint density at radius 2 is 1.70 bits per heavy atom. The fourth-order valence-corrected chi connectivity index (χ4v) is 3.08. The smallest absolute Gasteiger partial charge is 0.0446 e. The molecule has 1 aromatic carbocycles. The Balaban J connectivity index is 2.01. The highest BCUT2D eigenvalue weighted by molar-refractivity contribution is 5.24.